The van der Waals surface area contributed by atoms with Gasteiger partial charge in [0, 0.05) is 44.4 Å². The predicted molar refractivity (Wildman–Crippen MR) is 64.3 cm³/mol. The van der Waals surface area contributed by atoms with Gasteiger partial charge in [0.1, 0.15) is 0 Å². The van der Waals surface area contributed by atoms with Crippen LogP contribution in [0.4, 0.5) is 0 Å². The Kier molecular flexibility index (Phi) is 4.09. The first-order chi connectivity index (χ1) is 8.29. The predicted octanol–water partition coefficient (Wildman–Crippen LogP) is 0.855. The first-order valence-corrected chi connectivity index (χ1v) is 6.07. The van der Waals surface area contributed by atoms with Gasteiger partial charge in [0.15, 0.2) is 0 Å². The highest BCUT2D eigenvalue weighted by Crippen LogP contribution is 2.16. The number of carbonyl (C=O) groups is 1. The van der Waals surface area contributed by atoms with E-state index < -0.39 is 0 Å². The zero-order valence-electron chi connectivity index (χ0n) is 9.88. The van der Waals surface area contributed by atoms with Gasteiger partial charge in [-0.3, -0.25) is 9.78 Å². The zero-order chi connectivity index (χ0) is 12.1. The number of likely N-dealkylation sites (tertiary alicyclic amines) is 1. The van der Waals surface area contributed by atoms with Crippen LogP contribution in [0.3, 0.4) is 0 Å². The van der Waals surface area contributed by atoms with Gasteiger partial charge < -0.3 is 10.0 Å². The fraction of sp³-hybridized carbons (Fsp3) is 0.538. The van der Waals surface area contributed by atoms with Crippen LogP contribution in [0.15, 0.2) is 24.5 Å². The fourth-order valence-corrected chi connectivity index (χ4v) is 2.16. The van der Waals surface area contributed by atoms with Gasteiger partial charge in [-0.25, -0.2) is 0 Å². The summed E-state index contributed by atoms with van der Waals surface area (Å²) in [5, 5.41) is 9.03. The van der Waals surface area contributed by atoms with Crippen molar-refractivity contribution < 1.29 is 9.90 Å². The number of hydrogen-bond donors (Lipinski definition) is 1. The van der Waals surface area contributed by atoms with Crippen molar-refractivity contribution in [2.45, 2.75) is 19.3 Å². The van der Waals surface area contributed by atoms with Crippen molar-refractivity contribution in [3.05, 3.63) is 30.1 Å². The summed E-state index contributed by atoms with van der Waals surface area (Å²) in [6, 6.07) is 3.87. The van der Waals surface area contributed by atoms with Gasteiger partial charge in [-0.1, -0.05) is 6.07 Å². The number of amides is 1. The second-order valence-electron chi connectivity index (χ2n) is 4.54. The average Bonchev–Trinajstić information content (AvgIpc) is 2.86. The number of pyridine rings is 1. The minimum atomic E-state index is 0.185. The van der Waals surface area contributed by atoms with Gasteiger partial charge in [-0.05, 0) is 24.5 Å². The van der Waals surface area contributed by atoms with E-state index in [9.17, 15) is 4.79 Å². The van der Waals surface area contributed by atoms with E-state index >= 15 is 0 Å². The van der Waals surface area contributed by atoms with Crippen molar-refractivity contribution in [1.29, 1.82) is 0 Å². The molecule has 2 rings (SSSR count). The summed E-state index contributed by atoms with van der Waals surface area (Å²) in [5.41, 5.74) is 1.10. The van der Waals surface area contributed by atoms with Crippen molar-refractivity contribution in [2.24, 2.45) is 5.92 Å². The number of aliphatic hydroxyl groups excluding tert-OH is 1. The number of aromatic nitrogens is 1. The van der Waals surface area contributed by atoms with Gasteiger partial charge in [0.05, 0.1) is 0 Å². The Morgan fingerprint density at radius 3 is 3.12 bits per heavy atom. The molecule has 1 atom stereocenters. The number of carbonyl (C=O) groups excluding carboxylic acids is 1. The van der Waals surface area contributed by atoms with E-state index in [2.05, 4.69) is 4.98 Å². The maximum Gasteiger partial charge on any atom is 0.222 e. The Hall–Kier alpha value is -1.42. The van der Waals surface area contributed by atoms with Crippen LogP contribution in [0.2, 0.25) is 0 Å². The SMILES string of the molecule is O=C(CCc1cccnc1)N1CCC(CO)C1. The van der Waals surface area contributed by atoms with E-state index in [0.717, 1.165) is 24.9 Å². The van der Waals surface area contributed by atoms with Gasteiger partial charge in [0.2, 0.25) is 5.91 Å². The van der Waals surface area contributed by atoms with Crippen molar-refractivity contribution >= 4 is 5.91 Å². The highest BCUT2D eigenvalue weighted by atomic mass is 16.3. The minimum absolute atomic E-state index is 0.185. The molecule has 0 saturated carbocycles. The highest BCUT2D eigenvalue weighted by molar-refractivity contribution is 5.76. The first kappa shape index (κ1) is 12.0. The molecule has 0 radical (unpaired) electrons. The fourth-order valence-electron chi connectivity index (χ4n) is 2.16. The quantitative estimate of drug-likeness (QED) is 0.840. The third-order valence-corrected chi connectivity index (χ3v) is 3.25. The molecule has 0 bridgehead atoms. The number of hydrogen-bond acceptors (Lipinski definition) is 3. The largest absolute Gasteiger partial charge is 0.396 e. The molecule has 92 valence electrons. The van der Waals surface area contributed by atoms with Gasteiger partial charge in [0.25, 0.3) is 0 Å². The Balaban J connectivity index is 1.78. The van der Waals surface area contributed by atoms with Crippen LogP contribution in [0.25, 0.3) is 0 Å². The smallest absolute Gasteiger partial charge is 0.222 e. The Bertz CT molecular complexity index is 367. The zero-order valence-corrected chi connectivity index (χ0v) is 9.88. The van der Waals surface area contributed by atoms with Crippen molar-refractivity contribution in [2.75, 3.05) is 19.7 Å². The molecule has 1 aromatic heterocycles. The third-order valence-electron chi connectivity index (χ3n) is 3.25. The molecule has 4 heteroatoms. The lowest BCUT2D eigenvalue weighted by Crippen LogP contribution is -2.29. The third kappa shape index (κ3) is 3.27. The minimum Gasteiger partial charge on any atom is -0.396 e. The van der Waals surface area contributed by atoms with Gasteiger partial charge >= 0.3 is 0 Å². The number of nitrogens with zero attached hydrogens (tertiary/aromatic N) is 2. The maximum absolute atomic E-state index is 11.9. The summed E-state index contributed by atoms with van der Waals surface area (Å²) in [4.78, 5) is 17.8. The first-order valence-electron chi connectivity index (χ1n) is 6.07. The van der Waals surface area contributed by atoms with Crippen molar-refractivity contribution in [1.82, 2.24) is 9.88 Å². The number of aliphatic hydroxyl groups is 1. The van der Waals surface area contributed by atoms with E-state index in [1.807, 2.05) is 17.0 Å². The van der Waals surface area contributed by atoms with E-state index in [0.29, 0.717) is 13.0 Å². The molecule has 1 aromatic rings. The summed E-state index contributed by atoms with van der Waals surface area (Å²) in [6.07, 6.45) is 5.73. The van der Waals surface area contributed by atoms with Crippen LogP contribution in [0.5, 0.6) is 0 Å². The maximum atomic E-state index is 11.9. The molecular weight excluding hydrogens is 216 g/mol. The molecule has 17 heavy (non-hydrogen) atoms. The Morgan fingerprint density at radius 2 is 2.47 bits per heavy atom. The molecule has 1 saturated heterocycles. The molecule has 4 nitrogen and oxygen atoms in total. The molecule has 1 amide bonds. The second-order valence-corrected chi connectivity index (χ2v) is 4.54. The van der Waals surface area contributed by atoms with E-state index in [4.69, 9.17) is 5.11 Å². The molecule has 1 unspecified atom stereocenters. The number of aryl methyl sites for hydroxylation is 1. The van der Waals surface area contributed by atoms with Crippen molar-refractivity contribution in [3.63, 3.8) is 0 Å². The standard InChI is InChI=1S/C13H18N2O2/c16-10-12-5-7-15(9-12)13(17)4-3-11-2-1-6-14-8-11/h1-2,6,8,12,16H,3-5,7,9-10H2. The molecule has 0 spiro atoms. The van der Waals surface area contributed by atoms with Gasteiger partial charge in [-0.15, -0.1) is 0 Å². The van der Waals surface area contributed by atoms with Crippen LogP contribution >= 0.6 is 0 Å². The number of rotatable bonds is 4. The molecule has 1 N–H and O–H groups in total. The van der Waals surface area contributed by atoms with Crippen LogP contribution in [0, 0.1) is 5.92 Å². The Labute approximate surface area is 101 Å². The summed E-state index contributed by atoms with van der Waals surface area (Å²) in [6.45, 7) is 1.69. The molecule has 0 aromatic carbocycles. The average molecular weight is 234 g/mol. The topological polar surface area (TPSA) is 53.4 Å². The van der Waals surface area contributed by atoms with Gasteiger partial charge in [-0.2, -0.15) is 0 Å². The van der Waals surface area contributed by atoms with Crippen molar-refractivity contribution in [3.8, 4) is 0 Å². The molecule has 0 aliphatic carbocycles. The van der Waals surface area contributed by atoms with E-state index in [1.165, 1.54) is 0 Å². The van der Waals surface area contributed by atoms with Crippen LogP contribution < -0.4 is 0 Å². The lowest BCUT2D eigenvalue weighted by Gasteiger charge is -2.15. The lowest BCUT2D eigenvalue weighted by atomic mass is 10.1. The monoisotopic (exact) mass is 234 g/mol. The summed E-state index contributed by atoms with van der Waals surface area (Å²) in [5.74, 6) is 0.460. The molecule has 2 heterocycles. The van der Waals surface area contributed by atoms with E-state index in [-0.39, 0.29) is 18.4 Å². The van der Waals surface area contributed by atoms with Crippen LogP contribution in [0.1, 0.15) is 18.4 Å². The molecule has 1 aliphatic heterocycles. The molecule has 1 aliphatic rings. The lowest BCUT2D eigenvalue weighted by molar-refractivity contribution is -0.130. The molecule has 1 fully saturated rings. The van der Waals surface area contributed by atoms with Crippen LogP contribution in [-0.4, -0.2) is 40.6 Å². The summed E-state index contributed by atoms with van der Waals surface area (Å²) >= 11 is 0. The second kappa shape index (κ2) is 5.77. The summed E-state index contributed by atoms with van der Waals surface area (Å²) < 4.78 is 0. The van der Waals surface area contributed by atoms with Crippen LogP contribution in [-0.2, 0) is 11.2 Å². The Morgan fingerprint density at radius 1 is 1.59 bits per heavy atom. The highest BCUT2D eigenvalue weighted by Gasteiger charge is 2.24. The normalized spacial score (nSPS) is 19.6. The van der Waals surface area contributed by atoms with E-state index in [1.54, 1.807) is 12.4 Å². The molecular formula is C13H18N2O2. The summed E-state index contributed by atoms with van der Waals surface area (Å²) in [7, 11) is 0.